The number of sulfonamides is 1. The number of nitrogens with zero attached hydrogens (tertiary/aromatic N) is 5. The van der Waals surface area contributed by atoms with E-state index in [2.05, 4.69) is 60.7 Å². The second-order valence-electron chi connectivity index (χ2n) is 19.3. The third-order valence-electron chi connectivity index (χ3n) is 13.6. The molecule has 354 valence electrons. The minimum Gasteiger partial charge on any atom is -0.489 e. The first-order chi connectivity index (χ1) is 32.0. The summed E-state index contributed by atoms with van der Waals surface area (Å²) < 4.78 is 42.3. The molecule has 67 heavy (non-hydrogen) atoms. The number of likely N-dealkylation sites (tertiary alicyclic amines) is 1. The van der Waals surface area contributed by atoms with E-state index in [1.165, 1.54) is 35.0 Å². The fourth-order valence-electron chi connectivity index (χ4n) is 9.54. The molecule has 16 nitrogen and oxygen atoms in total. The third-order valence-corrected chi connectivity index (χ3v) is 15.2. The van der Waals surface area contributed by atoms with E-state index in [1.54, 1.807) is 24.4 Å². The molecule has 18 heteroatoms. The number of nitro benzene ring substituents is 1. The number of anilines is 2. The van der Waals surface area contributed by atoms with Crippen molar-refractivity contribution >= 4 is 61.2 Å². The molecular formula is C49H57ClN8O8S. The number of benzene rings is 3. The highest BCUT2D eigenvalue weighted by molar-refractivity contribution is 7.90. The number of ether oxygens (including phenoxy) is 2. The number of aliphatic hydroxyl groups is 1. The number of hydrogen-bond donors (Lipinski definition) is 4. The average Bonchev–Trinajstić information content (AvgIpc) is 3.77. The van der Waals surface area contributed by atoms with Gasteiger partial charge in [-0.05, 0) is 98.4 Å². The van der Waals surface area contributed by atoms with E-state index in [0.717, 1.165) is 74.1 Å². The molecule has 2 saturated heterocycles. The zero-order valence-corrected chi connectivity index (χ0v) is 39.6. The van der Waals surface area contributed by atoms with E-state index in [0.29, 0.717) is 50.3 Å². The van der Waals surface area contributed by atoms with E-state index in [9.17, 15) is 28.4 Å². The number of allylic oxidation sites excluding steroid dienone is 1. The first-order valence-electron chi connectivity index (χ1n) is 22.9. The Morgan fingerprint density at radius 3 is 2.51 bits per heavy atom. The summed E-state index contributed by atoms with van der Waals surface area (Å²) in [6.45, 7) is 12.7. The lowest BCUT2D eigenvalue weighted by Gasteiger charge is -2.39. The molecule has 3 aliphatic heterocycles. The van der Waals surface area contributed by atoms with Crippen molar-refractivity contribution in [2.24, 2.45) is 5.41 Å². The van der Waals surface area contributed by atoms with Crippen LogP contribution in [0.2, 0.25) is 5.02 Å². The summed E-state index contributed by atoms with van der Waals surface area (Å²) in [5, 5.41) is 27.4. The molecule has 1 atom stereocenters. The summed E-state index contributed by atoms with van der Waals surface area (Å²) in [6, 6.07) is 18.7. The van der Waals surface area contributed by atoms with Gasteiger partial charge in [0.05, 0.1) is 33.2 Å². The van der Waals surface area contributed by atoms with Gasteiger partial charge in [-0.2, -0.15) is 0 Å². The minimum absolute atomic E-state index is 0.00479. The molecule has 0 radical (unpaired) electrons. The van der Waals surface area contributed by atoms with Crippen molar-refractivity contribution in [2.45, 2.75) is 75.8 Å². The quantitative estimate of drug-likeness (QED) is 0.0652. The second-order valence-corrected chi connectivity index (χ2v) is 21.5. The van der Waals surface area contributed by atoms with Crippen LogP contribution in [0.5, 0.6) is 17.2 Å². The van der Waals surface area contributed by atoms with Crippen LogP contribution in [0.25, 0.3) is 16.6 Å². The molecule has 2 aromatic heterocycles. The number of piperidine rings is 1. The monoisotopic (exact) mass is 952 g/mol. The van der Waals surface area contributed by atoms with Gasteiger partial charge < -0.3 is 34.7 Å². The smallest absolute Gasteiger partial charge is 0.297 e. The normalized spacial score (nSPS) is 19.9. The Morgan fingerprint density at radius 1 is 1.00 bits per heavy atom. The highest BCUT2D eigenvalue weighted by Crippen LogP contribution is 2.44. The molecule has 1 aliphatic carbocycles. The van der Waals surface area contributed by atoms with Crippen molar-refractivity contribution in [2.75, 3.05) is 69.2 Å². The van der Waals surface area contributed by atoms with E-state index in [1.807, 2.05) is 25.1 Å². The van der Waals surface area contributed by atoms with Gasteiger partial charge in [0.2, 0.25) is 0 Å². The maximum absolute atomic E-state index is 14.1. The zero-order chi connectivity index (χ0) is 47.1. The number of halogens is 1. The van der Waals surface area contributed by atoms with Crippen molar-refractivity contribution in [3.63, 3.8) is 0 Å². The number of hydrogen-bond acceptors (Lipinski definition) is 13. The summed E-state index contributed by atoms with van der Waals surface area (Å²) in [5.74, 6) is -0.545. The number of fused-ring (bicyclic) bond motifs is 2. The van der Waals surface area contributed by atoms with Crippen LogP contribution < -0.4 is 24.4 Å². The number of pyridine rings is 1. The van der Waals surface area contributed by atoms with Crippen molar-refractivity contribution in [1.29, 1.82) is 0 Å². The molecule has 3 aromatic carbocycles. The number of carbonyl (C=O) groups is 1. The van der Waals surface area contributed by atoms with Gasteiger partial charge in [-0.15, -0.1) is 0 Å². The highest BCUT2D eigenvalue weighted by atomic mass is 35.5. The first kappa shape index (κ1) is 46.4. The van der Waals surface area contributed by atoms with Gasteiger partial charge in [0.25, 0.3) is 21.6 Å². The first-order valence-corrected chi connectivity index (χ1v) is 24.8. The van der Waals surface area contributed by atoms with Gasteiger partial charge in [0, 0.05) is 92.9 Å². The van der Waals surface area contributed by atoms with Crippen LogP contribution in [-0.2, 0) is 10.0 Å². The Kier molecular flexibility index (Phi) is 13.0. The minimum atomic E-state index is -4.67. The average molecular weight is 954 g/mol. The Labute approximate surface area is 395 Å². The summed E-state index contributed by atoms with van der Waals surface area (Å²) >= 11 is 6.25. The lowest BCUT2D eigenvalue weighted by Crippen LogP contribution is -2.47. The van der Waals surface area contributed by atoms with Gasteiger partial charge in [-0.3, -0.25) is 19.8 Å². The predicted molar refractivity (Wildman–Crippen MR) is 259 cm³/mol. The predicted octanol–water partition coefficient (Wildman–Crippen LogP) is 8.23. The maximum Gasteiger partial charge on any atom is 0.297 e. The van der Waals surface area contributed by atoms with Crippen LogP contribution in [0, 0.1) is 15.5 Å². The van der Waals surface area contributed by atoms with E-state index < -0.39 is 37.0 Å². The lowest BCUT2D eigenvalue weighted by molar-refractivity contribution is -0.384. The molecule has 0 bridgehead atoms. The number of aromatic amines is 1. The fourth-order valence-corrected chi connectivity index (χ4v) is 10.7. The molecule has 4 N–H and O–H groups in total. The molecular weight excluding hydrogens is 896 g/mol. The summed E-state index contributed by atoms with van der Waals surface area (Å²) in [5.41, 5.74) is 4.59. The lowest BCUT2D eigenvalue weighted by atomic mass is 9.72. The molecule has 5 aromatic rings. The van der Waals surface area contributed by atoms with Crippen LogP contribution in [0.15, 0.2) is 89.6 Å². The molecule has 4 aliphatic rings. The van der Waals surface area contributed by atoms with Crippen molar-refractivity contribution in [3.8, 4) is 17.2 Å². The van der Waals surface area contributed by atoms with E-state index >= 15 is 0 Å². The Balaban J connectivity index is 0.917. The Bertz CT molecular complexity index is 2810. The summed E-state index contributed by atoms with van der Waals surface area (Å²) in [6.07, 6.45) is 8.39. The summed E-state index contributed by atoms with van der Waals surface area (Å²) in [4.78, 5) is 39.7. The van der Waals surface area contributed by atoms with Crippen LogP contribution in [0.1, 0.15) is 75.2 Å². The van der Waals surface area contributed by atoms with Crippen LogP contribution in [0.3, 0.4) is 0 Å². The molecule has 5 heterocycles. The topological polar surface area (TPSA) is 195 Å². The number of nitro groups is 1. The Hall–Kier alpha value is -5.72. The van der Waals surface area contributed by atoms with Crippen molar-refractivity contribution < 1.29 is 32.7 Å². The van der Waals surface area contributed by atoms with Gasteiger partial charge in [0.1, 0.15) is 23.8 Å². The number of aromatic nitrogens is 2. The van der Waals surface area contributed by atoms with Crippen LogP contribution in [0.4, 0.5) is 17.1 Å². The third kappa shape index (κ3) is 10.7. The zero-order valence-electron chi connectivity index (χ0n) is 38.0. The van der Waals surface area contributed by atoms with Crippen molar-refractivity contribution in [3.05, 3.63) is 111 Å². The van der Waals surface area contributed by atoms with Gasteiger partial charge >= 0.3 is 0 Å². The van der Waals surface area contributed by atoms with E-state index in [4.69, 9.17) is 21.1 Å². The van der Waals surface area contributed by atoms with E-state index in [-0.39, 0.29) is 40.8 Å². The molecule has 2 fully saturated rings. The molecule has 1 amide bonds. The van der Waals surface area contributed by atoms with Gasteiger partial charge in [-0.1, -0.05) is 43.2 Å². The van der Waals surface area contributed by atoms with Gasteiger partial charge in [-0.25, -0.2) is 18.1 Å². The SMILES string of the molecule is CC1(C)CCC(CN2CCN(c3ccc(C(=O)NS(=O)(=O)c4cc5c(c([N+](=O)[O-])c4)N[C@@H](CCN4CCC(C)(O)CC4)CO5)c(Oc4cnc5[nH]ccc5c4)c3)CC2)=C(c2ccc(Cl)cc2)C1. The number of H-pyrrole nitrogens is 1. The fraction of sp³-hybridized carbons (Fsp3) is 0.429. The highest BCUT2D eigenvalue weighted by Gasteiger charge is 2.34. The van der Waals surface area contributed by atoms with Gasteiger partial charge in [0.15, 0.2) is 11.4 Å². The number of nitrogens with one attached hydrogen (secondary N) is 3. The van der Waals surface area contributed by atoms with Crippen LogP contribution >= 0.6 is 11.6 Å². The van der Waals surface area contributed by atoms with Crippen molar-refractivity contribution in [1.82, 2.24) is 24.5 Å². The molecule has 9 rings (SSSR count). The number of amides is 1. The maximum atomic E-state index is 14.1. The second kappa shape index (κ2) is 18.8. The largest absolute Gasteiger partial charge is 0.489 e. The standard InChI is InChI=1S/C49H57ClN8O8S/c1-48(2)13-10-34(41(28-48)32-4-6-35(50)7-5-32)30-56-20-22-57(23-21-56)37-8-9-40(43(25-37)66-38-24-33-11-16-51-46(33)52-29-38)47(59)54-67(63,64)39-26-42(58(61)62)45-44(27-39)65-31-36(53-45)12-17-55-18-14-49(3,60)15-19-55/h4-9,11,16,24-27,29,36,53,60H,10,12-15,17-23,28,30-31H2,1-3H3,(H,51,52)(H,54,59)/t36-/m0/s1. The number of piperazine rings is 1. The van der Waals surface area contributed by atoms with Crippen LogP contribution in [-0.4, -0.2) is 115 Å². The molecule has 0 spiro atoms. The number of carbonyl (C=O) groups excluding carboxylic acids is 1. The number of rotatable bonds is 13. The molecule has 0 unspecified atom stereocenters. The Morgan fingerprint density at radius 2 is 1.76 bits per heavy atom. The molecule has 0 saturated carbocycles. The summed E-state index contributed by atoms with van der Waals surface area (Å²) in [7, 11) is -4.67.